The molecule has 0 aliphatic carbocycles. The number of amides is 2. The summed E-state index contributed by atoms with van der Waals surface area (Å²) in [6, 6.07) is 16.6. The molecule has 0 spiro atoms. The molecule has 0 radical (unpaired) electrons. The standard InChI is InChI=1S/C24H22Cl2N2O3S2/c25-20-4-1-5-21(26)19(20)14-32-12-10-27-23(30)16-6-8-17(9-7-16)24-28(22(29)15-33-24)13-18-3-2-11-31-18/h1-9,11,24H,10,12-15H2,(H,27,30)/t24-/m1/s1. The van der Waals surface area contributed by atoms with Crippen LogP contribution in [0.5, 0.6) is 0 Å². The van der Waals surface area contributed by atoms with Crippen LogP contribution in [0.25, 0.3) is 0 Å². The first-order valence-corrected chi connectivity index (χ1v) is 13.3. The summed E-state index contributed by atoms with van der Waals surface area (Å²) in [7, 11) is 0. The number of hydrogen-bond donors (Lipinski definition) is 1. The van der Waals surface area contributed by atoms with Gasteiger partial charge in [0, 0.05) is 33.7 Å². The van der Waals surface area contributed by atoms with Crippen LogP contribution in [0.3, 0.4) is 0 Å². The Morgan fingerprint density at radius 2 is 1.88 bits per heavy atom. The summed E-state index contributed by atoms with van der Waals surface area (Å²) in [5, 5.41) is 4.16. The van der Waals surface area contributed by atoms with Crippen LogP contribution in [0.15, 0.2) is 65.3 Å². The fourth-order valence-electron chi connectivity index (χ4n) is 3.45. The van der Waals surface area contributed by atoms with E-state index in [1.165, 1.54) is 0 Å². The highest BCUT2D eigenvalue weighted by Gasteiger charge is 2.33. The van der Waals surface area contributed by atoms with Gasteiger partial charge in [0.15, 0.2) is 0 Å². The Hall–Kier alpha value is -2.06. The smallest absolute Gasteiger partial charge is 0.251 e. The van der Waals surface area contributed by atoms with E-state index in [9.17, 15) is 9.59 Å². The third kappa shape index (κ3) is 6.09. The minimum atomic E-state index is -0.125. The lowest BCUT2D eigenvalue weighted by atomic mass is 10.1. The van der Waals surface area contributed by atoms with Gasteiger partial charge >= 0.3 is 0 Å². The molecule has 2 aromatic carbocycles. The van der Waals surface area contributed by atoms with Crippen molar-refractivity contribution < 1.29 is 14.0 Å². The molecule has 0 bridgehead atoms. The van der Waals surface area contributed by atoms with Crippen LogP contribution in [0.1, 0.15) is 32.6 Å². The maximum Gasteiger partial charge on any atom is 0.251 e. The zero-order valence-electron chi connectivity index (χ0n) is 17.6. The molecule has 1 atom stereocenters. The molecule has 0 unspecified atom stereocenters. The van der Waals surface area contributed by atoms with Crippen molar-refractivity contribution in [2.24, 2.45) is 0 Å². The molecule has 1 fully saturated rings. The quantitative estimate of drug-likeness (QED) is 0.349. The molecule has 2 heterocycles. The summed E-state index contributed by atoms with van der Waals surface area (Å²) in [5.74, 6) is 2.58. The number of furan rings is 1. The first-order valence-electron chi connectivity index (χ1n) is 10.3. The van der Waals surface area contributed by atoms with E-state index in [1.807, 2.05) is 42.5 Å². The van der Waals surface area contributed by atoms with Crippen LogP contribution in [0.4, 0.5) is 0 Å². The van der Waals surface area contributed by atoms with Gasteiger partial charge in [-0.3, -0.25) is 9.59 Å². The van der Waals surface area contributed by atoms with Gasteiger partial charge in [-0.05, 0) is 47.5 Å². The molecule has 2 amide bonds. The molecular weight excluding hydrogens is 499 g/mol. The number of rotatable bonds is 9. The van der Waals surface area contributed by atoms with Gasteiger partial charge in [-0.15, -0.1) is 11.8 Å². The van der Waals surface area contributed by atoms with Crippen LogP contribution in [0.2, 0.25) is 10.0 Å². The summed E-state index contributed by atoms with van der Waals surface area (Å²) < 4.78 is 5.40. The average Bonchev–Trinajstić information content (AvgIpc) is 3.46. The number of benzene rings is 2. The topological polar surface area (TPSA) is 62.6 Å². The third-order valence-electron chi connectivity index (χ3n) is 5.17. The van der Waals surface area contributed by atoms with Crippen LogP contribution in [0, 0.1) is 0 Å². The van der Waals surface area contributed by atoms with E-state index >= 15 is 0 Å². The molecule has 172 valence electrons. The Kier molecular flexibility index (Phi) is 8.30. The minimum Gasteiger partial charge on any atom is -0.467 e. The van der Waals surface area contributed by atoms with Crippen LogP contribution < -0.4 is 5.32 Å². The number of carbonyl (C=O) groups is 2. The molecule has 3 aromatic rings. The summed E-state index contributed by atoms with van der Waals surface area (Å²) in [5.41, 5.74) is 2.49. The number of nitrogens with zero attached hydrogens (tertiary/aromatic N) is 1. The monoisotopic (exact) mass is 520 g/mol. The number of nitrogens with one attached hydrogen (secondary N) is 1. The fraction of sp³-hybridized carbons (Fsp3) is 0.250. The zero-order chi connectivity index (χ0) is 23.2. The van der Waals surface area contributed by atoms with Gasteiger partial charge in [-0.2, -0.15) is 11.8 Å². The van der Waals surface area contributed by atoms with E-state index in [4.69, 9.17) is 27.6 Å². The van der Waals surface area contributed by atoms with E-state index in [1.54, 1.807) is 46.8 Å². The van der Waals surface area contributed by atoms with Crippen molar-refractivity contribution in [3.8, 4) is 0 Å². The normalized spacial score (nSPS) is 15.8. The number of halogens is 2. The Balaban J connectivity index is 1.27. The largest absolute Gasteiger partial charge is 0.467 e. The van der Waals surface area contributed by atoms with Gasteiger partial charge < -0.3 is 14.6 Å². The van der Waals surface area contributed by atoms with Gasteiger partial charge in [0.05, 0.1) is 18.6 Å². The highest BCUT2D eigenvalue weighted by molar-refractivity contribution is 8.00. The second-order valence-corrected chi connectivity index (χ2v) is 10.4. The van der Waals surface area contributed by atoms with Crippen molar-refractivity contribution in [3.05, 3.63) is 93.4 Å². The number of hydrogen-bond acceptors (Lipinski definition) is 5. The lowest BCUT2D eigenvalue weighted by molar-refractivity contribution is -0.128. The van der Waals surface area contributed by atoms with Crippen LogP contribution >= 0.6 is 46.7 Å². The molecule has 5 nitrogen and oxygen atoms in total. The Morgan fingerprint density at radius 3 is 2.58 bits per heavy atom. The van der Waals surface area contributed by atoms with Crippen molar-refractivity contribution in [3.63, 3.8) is 0 Å². The van der Waals surface area contributed by atoms with Crippen molar-refractivity contribution in [1.29, 1.82) is 0 Å². The van der Waals surface area contributed by atoms with E-state index < -0.39 is 0 Å². The predicted molar refractivity (Wildman–Crippen MR) is 136 cm³/mol. The number of thioether (sulfide) groups is 2. The molecule has 33 heavy (non-hydrogen) atoms. The van der Waals surface area contributed by atoms with Crippen LogP contribution in [-0.4, -0.2) is 34.8 Å². The van der Waals surface area contributed by atoms with Crippen molar-refractivity contribution in [1.82, 2.24) is 10.2 Å². The molecule has 1 saturated heterocycles. The second-order valence-electron chi connectivity index (χ2n) is 7.40. The van der Waals surface area contributed by atoms with E-state index in [2.05, 4.69) is 5.32 Å². The highest BCUT2D eigenvalue weighted by atomic mass is 35.5. The molecule has 1 N–H and O–H groups in total. The summed E-state index contributed by atoms with van der Waals surface area (Å²) in [4.78, 5) is 26.6. The van der Waals surface area contributed by atoms with E-state index in [0.29, 0.717) is 40.2 Å². The van der Waals surface area contributed by atoms with Crippen molar-refractivity contribution in [2.75, 3.05) is 18.1 Å². The first kappa shape index (κ1) is 24.1. The number of carbonyl (C=O) groups excluding carboxylic acids is 2. The third-order valence-corrected chi connectivity index (χ3v) is 8.12. The van der Waals surface area contributed by atoms with E-state index in [0.717, 1.165) is 22.6 Å². The van der Waals surface area contributed by atoms with Crippen LogP contribution in [-0.2, 0) is 17.1 Å². The van der Waals surface area contributed by atoms with Crippen molar-refractivity contribution in [2.45, 2.75) is 17.7 Å². The predicted octanol–water partition coefficient (Wildman–Crippen LogP) is 6.02. The van der Waals surface area contributed by atoms with Gasteiger partial charge in [0.2, 0.25) is 5.91 Å². The van der Waals surface area contributed by atoms with Gasteiger partial charge in [0.25, 0.3) is 5.91 Å². The minimum absolute atomic E-state index is 0.0822. The molecule has 1 aliphatic rings. The fourth-order valence-corrected chi connectivity index (χ4v) is 6.24. The van der Waals surface area contributed by atoms with Gasteiger partial charge in [0.1, 0.15) is 11.1 Å². The molecule has 4 rings (SSSR count). The lowest BCUT2D eigenvalue weighted by Gasteiger charge is -2.23. The first-order chi connectivity index (χ1) is 16.0. The molecule has 1 aromatic heterocycles. The molecule has 0 saturated carbocycles. The van der Waals surface area contributed by atoms with Gasteiger partial charge in [-0.1, -0.05) is 41.4 Å². The summed E-state index contributed by atoms with van der Waals surface area (Å²) in [6.45, 7) is 0.972. The highest BCUT2D eigenvalue weighted by Crippen LogP contribution is 2.39. The summed E-state index contributed by atoms with van der Waals surface area (Å²) in [6.07, 6.45) is 1.61. The average molecular weight is 521 g/mol. The maximum absolute atomic E-state index is 12.5. The molecule has 1 aliphatic heterocycles. The Labute approximate surface area is 211 Å². The summed E-state index contributed by atoms with van der Waals surface area (Å²) >= 11 is 15.6. The Morgan fingerprint density at radius 1 is 1.12 bits per heavy atom. The maximum atomic E-state index is 12.5. The van der Waals surface area contributed by atoms with Gasteiger partial charge in [-0.25, -0.2) is 0 Å². The second kappa shape index (κ2) is 11.4. The zero-order valence-corrected chi connectivity index (χ0v) is 20.8. The lowest BCUT2D eigenvalue weighted by Crippen LogP contribution is -2.28. The molecular formula is C24H22Cl2N2O3S2. The molecule has 9 heteroatoms. The SMILES string of the molecule is O=C(NCCSCc1c(Cl)cccc1Cl)c1ccc([C@H]2SCC(=O)N2Cc2ccco2)cc1. The van der Waals surface area contributed by atoms with E-state index in [-0.39, 0.29) is 17.2 Å². The Bertz CT molecular complexity index is 1090. The van der Waals surface area contributed by atoms with Crippen molar-refractivity contribution >= 4 is 58.5 Å².